The van der Waals surface area contributed by atoms with Crippen LogP contribution in [0.25, 0.3) is 22.6 Å². The number of hydrogen-bond donors (Lipinski definition) is 1. The largest absolute Gasteiger partial charge is 0.488 e. The van der Waals surface area contributed by atoms with Crippen LogP contribution in [-0.2, 0) is 17.9 Å². The Morgan fingerprint density at radius 1 is 1.06 bits per heavy atom. The molecule has 2 heterocycles. The van der Waals surface area contributed by atoms with Gasteiger partial charge in [-0.1, -0.05) is 30.3 Å². The van der Waals surface area contributed by atoms with E-state index >= 15 is 0 Å². The number of benzene rings is 3. The molecule has 8 heteroatoms. The van der Waals surface area contributed by atoms with Crippen LogP contribution in [0.3, 0.4) is 0 Å². The van der Waals surface area contributed by atoms with Crippen molar-refractivity contribution in [2.75, 3.05) is 7.11 Å². The molecule has 0 fully saturated rings. The second-order valence-electron chi connectivity index (χ2n) is 8.36. The predicted molar refractivity (Wildman–Crippen MR) is 134 cm³/mol. The van der Waals surface area contributed by atoms with Crippen LogP contribution >= 0.6 is 0 Å². The summed E-state index contributed by atoms with van der Waals surface area (Å²) < 4.78 is 12.4. The van der Waals surface area contributed by atoms with Gasteiger partial charge in [0.25, 0.3) is 5.56 Å². The quantitative estimate of drug-likeness (QED) is 0.406. The average Bonchev–Trinajstić information content (AvgIpc) is 3.30. The number of aromatic carboxylic acids is 1. The third-order valence-electron chi connectivity index (χ3n) is 6.11. The lowest BCUT2D eigenvalue weighted by molar-refractivity contribution is 0.0599. The highest BCUT2D eigenvalue weighted by atomic mass is 16.5. The van der Waals surface area contributed by atoms with Crippen LogP contribution in [0.2, 0.25) is 0 Å². The molecule has 1 N–H and O–H groups in total. The van der Waals surface area contributed by atoms with Crippen LogP contribution in [0.1, 0.15) is 44.1 Å². The molecule has 0 bridgehead atoms. The number of para-hydroxylation sites is 1. The van der Waals surface area contributed by atoms with Gasteiger partial charge < -0.3 is 14.6 Å². The third kappa shape index (κ3) is 4.36. The molecule has 0 aliphatic carbocycles. The molecule has 4 aromatic rings. The lowest BCUT2D eigenvalue weighted by Crippen LogP contribution is -2.21. The number of nitrogens with zero attached hydrogens (tertiary/aromatic N) is 2. The summed E-state index contributed by atoms with van der Waals surface area (Å²) in [5.41, 5.74) is 3.33. The molecule has 5 rings (SSSR count). The summed E-state index contributed by atoms with van der Waals surface area (Å²) in [5.74, 6) is -0.267. The number of aromatic nitrogens is 2. The van der Waals surface area contributed by atoms with Gasteiger partial charge in [0.1, 0.15) is 18.2 Å². The molecule has 36 heavy (non-hydrogen) atoms. The van der Waals surface area contributed by atoms with E-state index in [1.165, 1.54) is 25.3 Å². The van der Waals surface area contributed by atoms with Crippen molar-refractivity contribution in [1.82, 2.24) is 9.55 Å². The molecule has 180 valence electrons. The number of rotatable bonds is 6. The highest BCUT2D eigenvalue weighted by Crippen LogP contribution is 2.31. The summed E-state index contributed by atoms with van der Waals surface area (Å²) in [7, 11) is 1.34. The monoisotopic (exact) mass is 482 g/mol. The first-order valence-electron chi connectivity index (χ1n) is 11.3. The average molecular weight is 482 g/mol. The normalized spacial score (nSPS) is 13.5. The van der Waals surface area contributed by atoms with E-state index in [-0.39, 0.29) is 11.1 Å². The van der Waals surface area contributed by atoms with Gasteiger partial charge in [-0.15, -0.1) is 0 Å². The lowest BCUT2D eigenvalue weighted by Gasteiger charge is -2.11. The summed E-state index contributed by atoms with van der Waals surface area (Å²) in [5, 5.41) is 9.70. The fourth-order valence-corrected chi connectivity index (χ4v) is 4.22. The van der Waals surface area contributed by atoms with Crippen molar-refractivity contribution in [1.29, 1.82) is 0 Å². The highest BCUT2D eigenvalue weighted by Gasteiger charge is 2.22. The van der Waals surface area contributed by atoms with Crippen LogP contribution in [0.5, 0.6) is 5.75 Å². The van der Waals surface area contributed by atoms with Crippen molar-refractivity contribution < 1.29 is 24.2 Å². The van der Waals surface area contributed by atoms with E-state index in [2.05, 4.69) is 4.98 Å². The molecular weight excluding hydrogens is 460 g/mol. The second kappa shape index (κ2) is 9.50. The van der Waals surface area contributed by atoms with Crippen molar-refractivity contribution in [3.8, 4) is 5.75 Å². The second-order valence-corrected chi connectivity index (χ2v) is 8.36. The first-order chi connectivity index (χ1) is 17.4. The van der Waals surface area contributed by atoms with Crippen LogP contribution in [0.15, 0.2) is 71.5 Å². The van der Waals surface area contributed by atoms with E-state index in [4.69, 9.17) is 9.47 Å². The van der Waals surface area contributed by atoms with E-state index in [9.17, 15) is 19.5 Å². The molecule has 0 saturated heterocycles. The Kier molecular flexibility index (Phi) is 6.08. The number of ether oxygens (including phenoxy) is 2. The van der Waals surface area contributed by atoms with Crippen molar-refractivity contribution in [2.24, 2.45) is 0 Å². The number of carbonyl (C=O) groups is 2. The summed E-state index contributed by atoms with van der Waals surface area (Å²) in [4.78, 5) is 40.7. The summed E-state index contributed by atoms with van der Waals surface area (Å²) in [6.07, 6.45) is 2.57. The molecule has 0 unspecified atom stereocenters. The molecule has 8 nitrogen and oxygen atoms in total. The van der Waals surface area contributed by atoms with Gasteiger partial charge in [0.15, 0.2) is 0 Å². The molecule has 0 atom stereocenters. The Labute approximate surface area is 206 Å². The number of methoxy groups -OCH3 is 1. The molecule has 0 spiro atoms. The van der Waals surface area contributed by atoms with Gasteiger partial charge in [0, 0.05) is 12.1 Å². The first-order valence-corrected chi connectivity index (χ1v) is 11.3. The Balaban J connectivity index is 1.44. The molecule has 0 saturated carbocycles. The Morgan fingerprint density at radius 3 is 2.56 bits per heavy atom. The van der Waals surface area contributed by atoms with Gasteiger partial charge in [-0.25, -0.2) is 14.6 Å². The van der Waals surface area contributed by atoms with Gasteiger partial charge in [-0.05, 0) is 60.0 Å². The minimum Gasteiger partial charge on any atom is -0.488 e. The standard InChI is InChI=1S/C28H22N2O6/c1-35-28(34)18-8-6-17(7-9-18)16-36-24-5-3-2-4-19(24)14-20-12-13-30-25(20)29-23-15-21(27(32)33)10-11-22(23)26(30)31/h2-11,14-15H,12-13,16H2,1H3,(H,32,33)/b20-14-. The number of fused-ring (bicyclic) bond motifs is 2. The van der Waals surface area contributed by atoms with Crippen LogP contribution < -0.4 is 10.3 Å². The fourth-order valence-electron chi connectivity index (χ4n) is 4.22. The van der Waals surface area contributed by atoms with Crippen LogP contribution in [0, 0.1) is 0 Å². The smallest absolute Gasteiger partial charge is 0.337 e. The van der Waals surface area contributed by atoms with E-state index in [0.717, 1.165) is 16.7 Å². The minimum atomic E-state index is -1.07. The van der Waals surface area contributed by atoms with Gasteiger partial charge in [-0.2, -0.15) is 0 Å². The van der Waals surface area contributed by atoms with E-state index in [1.54, 1.807) is 16.7 Å². The fraction of sp³-hybridized carbons (Fsp3) is 0.143. The molecule has 1 aliphatic heterocycles. The van der Waals surface area contributed by atoms with Gasteiger partial charge in [0.2, 0.25) is 0 Å². The Hall–Kier alpha value is -4.72. The molecule has 3 aromatic carbocycles. The molecule has 1 aromatic heterocycles. The van der Waals surface area contributed by atoms with Crippen molar-refractivity contribution in [3.05, 3.63) is 105 Å². The van der Waals surface area contributed by atoms with E-state index < -0.39 is 11.9 Å². The molecule has 0 amide bonds. The SMILES string of the molecule is COC(=O)c1ccc(COc2ccccc2/C=C2/CCn3c2nc2cc(C(=O)O)ccc2c3=O)cc1. The number of carbonyl (C=O) groups excluding carboxylic acids is 1. The maximum Gasteiger partial charge on any atom is 0.337 e. The predicted octanol–water partition coefficient (Wildman–Crippen LogP) is 4.40. The van der Waals surface area contributed by atoms with Crippen molar-refractivity contribution >= 4 is 34.5 Å². The van der Waals surface area contributed by atoms with Gasteiger partial charge in [0.05, 0.1) is 29.1 Å². The van der Waals surface area contributed by atoms with E-state index in [0.29, 0.717) is 47.6 Å². The van der Waals surface area contributed by atoms with Gasteiger partial charge >= 0.3 is 11.9 Å². The topological polar surface area (TPSA) is 108 Å². The molecule has 1 aliphatic rings. The van der Waals surface area contributed by atoms with E-state index in [1.807, 2.05) is 42.5 Å². The number of carboxylic acids is 1. The van der Waals surface area contributed by atoms with Crippen LogP contribution in [-0.4, -0.2) is 33.7 Å². The zero-order valence-corrected chi connectivity index (χ0v) is 19.4. The number of allylic oxidation sites excluding steroid dienone is 1. The third-order valence-corrected chi connectivity index (χ3v) is 6.11. The minimum absolute atomic E-state index is 0.0845. The summed E-state index contributed by atoms with van der Waals surface area (Å²) >= 11 is 0. The maximum absolute atomic E-state index is 13.0. The Bertz CT molecular complexity index is 1580. The zero-order chi connectivity index (χ0) is 25.2. The highest BCUT2D eigenvalue weighted by molar-refractivity contribution is 5.93. The summed E-state index contributed by atoms with van der Waals surface area (Å²) in [6, 6.07) is 18.9. The molecular formula is C28H22N2O6. The van der Waals surface area contributed by atoms with Crippen LogP contribution in [0.4, 0.5) is 0 Å². The van der Waals surface area contributed by atoms with Crippen molar-refractivity contribution in [2.45, 2.75) is 19.6 Å². The molecule has 0 radical (unpaired) electrons. The first kappa shape index (κ1) is 23.0. The number of carboxylic acid groups (broad SMARTS) is 1. The number of esters is 1. The maximum atomic E-state index is 13.0. The summed E-state index contributed by atoms with van der Waals surface area (Å²) in [6.45, 7) is 0.803. The van der Waals surface area contributed by atoms with Crippen molar-refractivity contribution in [3.63, 3.8) is 0 Å². The number of hydrogen-bond acceptors (Lipinski definition) is 6. The lowest BCUT2D eigenvalue weighted by atomic mass is 10.1. The van der Waals surface area contributed by atoms with Gasteiger partial charge in [-0.3, -0.25) is 9.36 Å². The zero-order valence-electron chi connectivity index (χ0n) is 19.4. The Morgan fingerprint density at radius 2 is 1.81 bits per heavy atom.